The minimum absolute atomic E-state index is 0.425. The Bertz CT molecular complexity index is 481. The van der Waals surface area contributed by atoms with E-state index in [1.54, 1.807) is 0 Å². The Kier molecular flexibility index (Phi) is 5.77. The van der Waals surface area contributed by atoms with Crippen LogP contribution < -0.4 is 5.32 Å². The van der Waals surface area contributed by atoms with Gasteiger partial charge in [-0.2, -0.15) is 0 Å². The lowest BCUT2D eigenvalue weighted by Crippen LogP contribution is -2.27. The maximum absolute atomic E-state index is 3.42. The van der Waals surface area contributed by atoms with E-state index >= 15 is 0 Å². The predicted octanol–water partition coefficient (Wildman–Crippen LogP) is 4.09. The lowest BCUT2D eigenvalue weighted by Gasteiger charge is -2.26. The lowest BCUT2D eigenvalue weighted by atomic mass is 10.0. The second kappa shape index (κ2) is 7.58. The van der Waals surface area contributed by atoms with Crippen molar-refractivity contribution in [3.8, 4) is 0 Å². The Balaban J connectivity index is 1.90. The SMILES string of the molecule is CNC(CCN(C)C(C)c1cccs1)c1ccccc1. The number of benzene rings is 1. The van der Waals surface area contributed by atoms with Gasteiger partial charge in [0.2, 0.25) is 0 Å². The summed E-state index contributed by atoms with van der Waals surface area (Å²) in [5.41, 5.74) is 1.37. The van der Waals surface area contributed by atoms with Gasteiger partial charge < -0.3 is 5.32 Å². The molecule has 0 saturated carbocycles. The highest BCUT2D eigenvalue weighted by Crippen LogP contribution is 2.24. The molecule has 0 fully saturated rings. The zero-order valence-corrected chi connectivity index (χ0v) is 13.4. The molecule has 1 aromatic heterocycles. The number of nitrogens with zero attached hydrogens (tertiary/aromatic N) is 1. The first-order valence-electron chi connectivity index (χ1n) is 7.18. The van der Waals surface area contributed by atoms with Gasteiger partial charge in [0.05, 0.1) is 0 Å². The van der Waals surface area contributed by atoms with Gasteiger partial charge in [-0.25, -0.2) is 0 Å². The first kappa shape index (κ1) is 15.2. The van der Waals surface area contributed by atoms with Gasteiger partial charge in [-0.15, -0.1) is 11.3 Å². The summed E-state index contributed by atoms with van der Waals surface area (Å²) in [6.07, 6.45) is 1.12. The molecule has 2 rings (SSSR count). The van der Waals surface area contributed by atoms with E-state index in [4.69, 9.17) is 0 Å². The van der Waals surface area contributed by atoms with E-state index in [1.807, 2.05) is 18.4 Å². The molecule has 0 aliphatic carbocycles. The molecule has 0 aliphatic heterocycles. The third-order valence-electron chi connectivity index (χ3n) is 3.94. The van der Waals surface area contributed by atoms with Gasteiger partial charge in [0.15, 0.2) is 0 Å². The minimum Gasteiger partial charge on any atom is -0.313 e. The molecule has 0 aliphatic rings. The average molecular weight is 288 g/mol. The van der Waals surface area contributed by atoms with Crippen LogP contribution in [0.2, 0.25) is 0 Å². The first-order valence-corrected chi connectivity index (χ1v) is 8.06. The van der Waals surface area contributed by atoms with E-state index in [2.05, 4.69) is 72.0 Å². The van der Waals surface area contributed by atoms with Crippen molar-refractivity contribution < 1.29 is 0 Å². The fourth-order valence-electron chi connectivity index (χ4n) is 2.44. The molecule has 108 valence electrons. The summed E-state index contributed by atoms with van der Waals surface area (Å²) in [6.45, 7) is 3.36. The van der Waals surface area contributed by atoms with E-state index in [9.17, 15) is 0 Å². The van der Waals surface area contributed by atoms with E-state index < -0.39 is 0 Å². The van der Waals surface area contributed by atoms with Crippen molar-refractivity contribution in [3.05, 3.63) is 58.3 Å². The third kappa shape index (κ3) is 3.92. The second-order valence-corrected chi connectivity index (χ2v) is 6.19. The molecule has 0 spiro atoms. The number of hydrogen-bond acceptors (Lipinski definition) is 3. The van der Waals surface area contributed by atoms with Gasteiger partial charge in [-0.05, 0) is 44.4 Å². The van der Waals surface area contributed by atoms with E-state index in [1.165, 1.54) is 10.4 Å². The van der Waals surface area contributed by atoms with Gasteiger partial charge in [0.1, 0.15) is 0 Å². The predicted molar refractivity (Wildman–Crippen MR) is 88.2 cm³/mol. The van der Waals surface area contributed by atoms with Gasteiger partial charge in [-0.3, -0.25) is 4.90 Å². The Labute approximate surface area is 126 Å². The number of thiophene rings is 1. The summed E-state index contributed by atoms with van der Waals surface area (Å²) in [6, 6.07) is 15.9. The number of hydrogen-bond donors (Lipinski definition) is 1. The highest BCUT2D eigenvalue weighted by atomic mass is 32.1. The summed E-state index contributed by atoms with van der Waals surface area (Å²) < 4.78 is 0. The molecule has 0 bridgehead atoms. The van der Waals surface area contributed by atoms with Crippen LogP contribution in [0.15, 0.2) is 47.8 Å². The standard InChI is InChI=1S/C17H24N2S/c1-14(17-10-7-13-20-17)19(3)12-11-16(18-2)15-8-5-4-6-9-15/h4-10,13-14,16,18H,11-12H2,1-3H3. The zero-order chi connectivity index (χ0) is 14.4. The van der Waals surface area contributed by atoms with Gasteiger partial charge in [0, 0.05) is 23.5 Å². The Hall–Kier alpha value is -1.16. The van der Waals surface area contributed by atoms with Crippen molar-refractivity contribution in [2.75, 3.05) is 20.6 Å². The smallest absolute Gasteiger partial charge is 0.0410 e. The Morgan fingerprint density at radius 3 is 2.50 bits per heavy atom. The van der Waals surface area contributed by atoms with Crippen molar-refractivity contribution >= 4 is 11.3 Å². The molecule has 0 amide bonds. The molecule has 1 N–H and O–H groups in total. The van der Waals surface area contributed by atoms with Crippen LogP contribution in [0.4, 0.5) is 0 Å². The van der Waals surface area contributed by atoms with E-state index in [-0.39, 0.29) is 0 Å². The molecule has 0 saturated heterocycles. The summed E-state index contributed by atoms with van der Waals surface area (Å²) >= 11 is 1.84. The zero-order valence-electron chi connectivity index (χ0n) is 12.5. The van der Waals surface area contributed by atoms with Crippen LogP contribution in [0.25, 0.3) is 0 Å². The molecular weight excluding hydrogens is 264 g/mol. The molecule has 2 unspecified atom stereocenters. The first-order chi connectivity index (χ1) is 9.72. The molecule has 1 heterocycles. The van der Waals surface area contributed by atoms with Crippen LogP contribution >= 0.6 is 11.3 Å². The normalized spacial score (nSPS) is 14.4. The van der Waals surface area contributed by atoms with E-state index in [0.717, 1.165) is 13.0 Å². The summed E-state index contributed by atoms with van der Waals surface area (Å²) in [7, 11) is 4.25. The second-order valence-electron chi connectivity index (χ2n) is 5.21. The fraction of sp³-hybridized carbons (Fsp3) is 0.412. The average Bonchev–Trinajstić information content (AvgIpc) is 3.02. The van der Waals surface area contributed by atoms with Crippen molar-refractivity contribution in [3.63, 3.8) is 0 Å². The largest absolute Gasteiger partial charge is 0.313 e. The lowest BCUT2D eigenvalue weighted by molar-refractivity contribution is 0.250. The van der Waals surface area contributed by atoms with Crippen molar-refractivity contribution in [2.24, 2.45) is 0 Å². The van der Waals surface area contributed by atoms with Crippen LogP contribution in [0.1, 0.15) is 35.9 Å². The summed E-state index contributed by atoms with van der Waals surface area (Å²) in [4.78, 5) is 3.87. The maximum Gasteiger partial charge on any atom is 0.0410 e. The van der Waals surface area contributed by atoms with Crippen LogP contribution in [-0.4, -0.2) is 25.5 Å². The Morgan fingerprint density at radius 2 is 1.90 bits per heavy atom. The maximum atomic E-state index is 3.42. The van der Waals surface area contributed by atoms with Crippen LogP contribution in [0.3, 0.4) is 0 Å². The molecule has 3 heteroatoms. The summed E-state index contributed by atoms with van der Waals surface area (Å²) in [5, 5.41) is 5.58. The quantitative estimate of drug-likeness (QED) is 0.825. The van der Waals surface area contributed by atoms with E-state index in [0.29, 0.717) is 12.1 Å². The molecule has 2 aromatic rings. The Morgan fingerprint density at radius 1 is 1.15 bits per heavy atom. The monoisotopic (exact) mass is 288 g/mol. The molecule has 2 nitrogen and oxygen atoms in total. The molecule has 20 heavy (non-hydrogen) atoms. The fourth-order valence-corrected chi connectivity index (χ4v) is 3.28. The van der Waals surface area contributed by atoms with Crippen molar-refractivity contribution in [1.29, 1.82) is 0 Å². The number of nitrogens with one attached hydrogen (secondary N) is 1. The molecule has 1 aromatic carbocycles. The topological polar surface area (TPSA) is 15.3 Å². The van der Waals surface area contributed by atoms with Crippen LogP contribution in [0, 0.1) is 0 Å². The highest BCUT2D eigenvalue weighted by Gasteiger charge is 2.15. The minimum atomic E-state index is 0.425. The number of rotatable bonds is 7. The van der Waals surface area contributed by atoms with Crippen molar-refractivity contribution in [1.82, 2.24) is 10.2 Å². The molecular formula is C17H24N2S. The van der Waals surface area contributed by atoms with Gasteiger partial charge in [0.25, 0.3) is 0 Å². The van der Waals surface area contributed by atoms with Crippen LogP contribution in [-0.2, 0) is 0 Å². The third-order valence-corrected chi connectivity index (χ3v) is 4.98. The van der Waals surface area contributed by atoms with Crippen LogP contribution in [0.5, 0.6) is 0 Å². The summed E-state index contributed by atoms with van der Waals surface area (Å²) in [5.74, 6) is 0. The van der Waals surface area contributed by atoms with Gasteiger partial charge in [-0.1, -0.05) is 36.4 Å². The highest BCUT2D eigenvalue weighted by molar-refractivity contribution is 7.10. The van der Waals surface area contributed by atoms with Crippen molar-refractivity contribution in [2.45, 2.75) is 25.4 Å². The molecule has 2 atom stereocenters. The molecule has 0 radical (unpaired) electrons. The van der Waals surface area contributed by atoms with Gasteiger partial charge >= 0.3 is 0 Å².